The number of hydrogen-bond donors (Lipinski definition) is 2. The first-order valence-electron chi connectivity index (χ1n) is 4.25. The largest absolute Gasteiger partial charge is 0.392 e. The van der Waals surface area contributed by atoms with Crippen LogP contribution in [0.4, 0.5) is 0 Å². The van der Waals surface area contributed by atoms with Gasteiger partial charge in [-0.1, -0.05) is 18.7 Å². The van der Waals surface area contributed by atoms with Gasteiger partial charge in [-0.25, -0.2) is 0 Å². The van der Waals surface area contributed by atoms with Gasteiger partial charge in [0, 0.05) is 0 Å². The SMILES string of the molecule is C=C(CO)[C@H]1C=CC(C)(O)CC1. The average molecular weight is 168 g/mol. The fourth-order valence-electron chi connectivity index (χ4n) is 1.41. The van der Waals surface area contributed by atoms with Crippen LogP contribution >= 0.6 is 0 Å². The van der Waals surface area contributed by atoms with Crippen molar-refractivity contribution in [2.75, 3.05) is 6.61 Å². The van der Waals surface area contributed by atoms with E-state index in [4.69, 9.17) is 5.11 Å². The minimum atomic E-state index is -0.660. The topological polar surface area (TPSA) is 40.5 Å². The lowest BCUT2D eigenvalue weighted by Crippen LogP contribution is -2.26. The lowest BCUT2D eigenvalue weighted by molar-refractivity contribution is 0.0895. The molecule has 0 amide bonds. The number of rotatable bonds is 2. The van der Waals surface area contributed by atoms with Crippen LogP contribution in [0.2, 0.25) is 0 Å². The highest BCUT2D eigenvalue weighted by Crippen LogP contribution is 2.28. The van der Waals surface area contributed by atoms with Crippen molar-refractivity contribution in [2.24, 2.45) is 5.92 Å². The van der Waals surface area contributed by atoms with Crippen LogP contribution in [-0.2, 0) is 0 Å². The fraction of sp³-hybridized carbons (Fsp3) is 0.600. The maximum atomic E-state index is 9.57. The van der Waals surface area contributed by atoms with E-state index in [1.807, 2.05) is 6.08 Å². The Labute approximate surface area is 73.2 Å². The smallest absolute Gasteiger partial charge is 0.0800 e. The highest BCUT2D eigenvalue weighted by molar-refractivity contribution is 5.16. The zero-order valence-corrected chi connectivity index (χ0v) is 7.45. The standard InChI is InChI=1S/C10H16O2/c1-8(7-11)9-3-5-10(2,12)6-4-9/h3,5,9,11-12H,1,4,6-7H2,2H3/t9-,10?/m0/s1. The monoisotopic (exact) mass is 168 g/mol. The summed E-state index contributed by atoms with van der Waals surface area (Å²) in [4.78, 5) is 0. The molecule has 2 N–H and O–H groups in total. The van der Waals surface area contributed by atoms with Crippen molar-refractivity contribution < 1.29 is 10.2 Å². The van der Waals surface area contributed by atoms with Gasteiger partial charge in [0.15, 0.2) is 0 Å². The molecule has 0 aromatic heterocycles. The molecule has 1 aliphatic rings. The van der Waals surface area contributed by atoms with E-state index >= 15 is 0 Å². The third-order valence-electron chi connectivity index (χ3n) is 2.38. The van der Waals surface area contributed by atoms with Crippen molar-refractivity contribution >= 4 is 0 Å². The molecule has 0 bridgehead atoms. The van der Waals surface area contributed by atoms with Gasteiger partial charge < -0.3 is 10.2 Å². The zero-order chi connectivity index (χ0) is 9.19. The van der Waals surface area contributed by atoms with E-state index in [0.29, 0.717) is 0 Å². The van der Waals surface area contributed by atoms with E-state index in [1.165, 1.54) is 0 Å². The van der Waals surface area contributed by atoms with Crippen LogP contribution < -0.4 is 0 Å². The van der Waals surface area contributed by atoms with Crippen LogP contribution in [-0.4, -0.2) is 22.4 Å². The summed E-state index contributed by atoms with van der Waals surface area (Å²) in [5, 5.41) is 18.4. The van der Waals surface area contributed by atoms with Gasteiger partial charge in [0.25, 0.3) is 0 Å². The molecule has 0 fully saturated rings. The van der Waals surface area contributed by atoms with Crippen molar-refractivity contribution in [1.82, 2.24) is 0 Å². The Morgan fingerprint density at radius 3 is 2.83 bits per heavy atom. The molecule has 2 nitrogen and oxygen atoms in total. The summed E-state index contributed by atoms with van der Waals surface area (Å²) in [6.07, 6.45) is 5.35. The summed E-state index contributed by atoms with van der Waals surface area (Å²) < 4.78 is 0. The second-order valence-corrected chi connectivity index (χ2v) is 3.68. The highest BCUT2D eigenvalue weighted by atomic mass is 16.3. The number of hydrogen-bond acceptors (Lipinski definition) is 2. The maximum Gasteiger partial charge on any atom is 0.0800 e. The molecule has 1 rings (SSSR count). The highest BCUT2D eigenvalue weighted by Gasteiger charge is 2.24. The molecule has 0 saturated heterocycles. The first kappa shape index (κ1) is 9.49. The Bertz CT molecular complexity index is 204. The lowest BCUT2D eigenvalue weighted by Gasteiger charge is -2.27. The van der Waals surface area contributed by atoms with E-state index < -0.39 is 5.60 Å². The van der Waals surface area contributed by atoms with Crippen molar-refractivity contribution in [2.45, 2.75) is 25.4 Å². The normalized spacial score (nSPS) is 35.1. The van der Waals surface area contributed by atoms with Crippen LogP contribution in [0, 0.1) is 5.92 Å². The lowest BCUT2D eigenvalue weighted by atomic mass is 9.83. The van der Waals surface area contributed by atoms with Gasteiger partial charge in [-0.2, -0.15) is 0 Å². The summed E-state index contributed by atoms with van der Waals surface area (Å²) in [5.41, 5.74) is 0.174. The number of allylic oxidation sites excluding steroid dienone is 1. The predicted octanol–water partition coefficient (Wildman–Crippen LogP) is 1.25. The number of aliphatic hydroxyl groups excluding tert-OH is 1. The molecule has 12 heavy (non-hydrogen) atoms. The maximum absolute atomic E-state index is 9.57. The third-order valence-corrected chi connectivity index (χ3v) is 2.38. The molecule has 2 heteroatoms. The van der Waals surface area contributed by atoms with Crippen LogP contribution in [0.5, 0.6) is 0 Å². The summed E-state index contributed by atoms with van der Waals surface area (Å²) in [6.45, 7) is 5.59. The van der Waals surface area contributed by atoms with Gasteiger partial charge in [0.2, 0.25) is 0 Å². The van der Waals surface area contributed by atoms with Crippen molar-refractivity contribution in [3.63, 3.8) is 0 Å². The van der Waals surface area contributed by atoms with Gasteiger partial charge in [0.1, 0.15) is 0 Å². The molecule has 0 aromatic rings. The van der Waals surface area contributed by atoms with E-state index in [2.05, 4.69) is 6.58 Å². The second-order valence-electron chi connectivity index (χ2n) is 3.68. The summed E-state index contributed by atoms with van der Waals surface area (Å²) in [6, 6.07) is 0. The van der Waals surface area contributed by atoms with E-state index in [0.717, 1.165) is 18.4 Å². The fourth-order valence-corrected chi connectivity index (χ4v) is 1.41. The molecule has 1 aliphatic carbocycles. The van der Waals surface area contributed by atoms with Crippen LogP contribution in [0.1, 0.15) is 19.8 Å². The Morgan fingerprint density at radius 1 is 1.75 bits per heavy atom. The second kappa shape index (κ2) is 3.42. The quantitative estimate of drug-likeness (QED) is 0.609. The summed E-state index contributed by atoms with van der Waals surface area (Å²) in [7, 11) is 0. The Balaban J connectivity index is 2.60. The molecule has 0 saturated carbocycles. The predicted molar refractivity (Wildman–Crippen MR) is 48.7 cm³/mol. The van der Waals surface area contributed by atoms with Gasteiger partial charge in [-0.05, 0) is 31.3 Å². The van der Waals surface area contributed by atoms with Crippen molar-refractivity contribution in [1.29, 1.82) is 0 Å². The number of aliphatic hydroxyl groups is 2. The van der Waals surface area contributed by atoms with Gasteiger partial charge in [-0.3, -0.25) is 0 Å². The van der Waals surface area contributed by atoms with Crippen molar-refractivity contribution in [3.8, 4) is 0 Å². The Morgan fingerprint density at radius 2 is 2.42 bits per heavy atom. The molecule has 0 heterocycles. The first-order valence-corrected chi connectivity index (χ1v) is 4.25. The summed E-state index contributed by atoms with van der Waals surface area (Å²) >= 11 is 0. The molecule has 68 valence electrons. The third kappa shape index (κ3) is 2.19. The molecule has 1 unspecified atom stereocenters. The van der Waals surface area contributed by atoms with Gasteiger partial charge >= 0.3 is 0 Å². The Kier molecular flexibility index (Phi) is 2.70. The van der Waals surface area contributed by atoms with Crippen LogP contribution in [0.15, 0.2) is 24.3 Å². The van der Waals surface area contributed by atoms with E-state index in [1.54, 1.807) is 13.0 Å². The molecule has 0 aliphatic heterocycles. The molecule has 0 spiro atoms. The Hall–Kier alpha value is -0.600. The molecule has 0 radical (unpaired) electrons. The van der Waals surface area contributed by atoms with Crippen LogP contribution in [0.25, 0.3) is 0 Å². The molecule has 2 atom stereocenters. The van der Waals surface area contributed by atoms with E-state index in [-0.39, 0.29) is 12.5 Å². The van der Waals surface area contributed by atoms with Gasteiger partial charge in [-0.15, -0.1) is 0 Å². The first-order chi connectivity index (χ1) is 5.55. The molecule has 0 aromatic carbocycles. The minimum Gasteiger partial charge on any atom is -0.392 e. The van der Waals surface area contributed by atoms with Crippen LogP contribution in [0.3, 0.4) is 0 Å². The van der Waals surface area contributed by atoms with E-state index in [9.17, 15) is 5.11 Å². The van der Waals surface area contributed by atoms with Gasteiger partial charge in [0.05, 0.1) is 12.2 Å². The zero-order valence-electron chi connectivity index (χ0n) is 7.45. The van der Waals surface area contributed by atoms with Crippen molar-refractivity contribution in [3.05, 3.63) is 24.3 Å². The average Bonchev–Trinajstić information content (AvgIpc) is 2.03. The minimum absolute atomic E-state index is 0.0388. The molecular weight excluding hydrogens is 152 g/mol. The molecular formula is C10H16O2. The summed E-state index contributed by atoms with van der Waals surface area (Å²) in [5.74, 6) is 0.246.